The highest BCUT2D eigenvalue weighted by Gasteiger charge is 2.60. The summed E-state index contributed by atoms with van der Waals surface area (Å²) >= 11 is 0. The molecule has 4 rings (SSSR count). The molecule has 4 aliphatic rings. The average molecular weight is 355 g/mol. The molecule has 0 nitrogen and oxygen atoms in total. The van der Waals surface area contributed by atoms with Gasteiger partial charge in [0.05, 0.1) is 0 Å². The number of fused-ring (bicyclic) bond motifs is 5. The average Bonchev–Trinajstić information content (AvgIpc) is 2.98. The zero-order valence-corrected chi connectivity index (χ0v) is 17.9. The smallest absolute Gasteiger partial charge is 0.0115 e. The second-order valence-electron chi connectivity index (χ2n) is 11.3. The molecule has 8 unspecified atom stereocenters. The van der Waals surface area contributed by atoms with Gasteiger partial charge in [0, 0.05) is 6.42 Å². The molecule has 0 amide bonds. The predicted octanol–water partition coefficient (Wildman–Crippen LogP) is 7.33. The van der Waals surface area contributed by atoms with Crippen LogP contribution in [0.1, 0.15) is 98.3 Å². The molecule has 0 aliphatic heterocycles. The summed E-state index contributed by atoms with van der Waals surface area (Å²) in [4.78, 5) is 0. The van der Waals surface area contributed by atoms with E-state index in [1.807, 2.05) is 0 Å². The van der Waals surface area contributed by atoms with E-state index in [1.54, 1.807) is 6.42 Å². The second kappa shape index (κ2) is 6.87. The lowest BCUT2D eigenvalue weighted by Crippen LogP contribution is -2.53. The van der Waals surface area contributed by atoms with Crippen LogP contribution in [0.2, 0.25) is 0 Å². The molecule has 9 atom stereocenters. The first-order valence-electron chi connectivity index (χ1n) is 11.9. The van der Waals surface area contributed by atoms with Crippen LogP contribution in [0.3, 0.4) is 0 Å². The summed E-state index contributed by atoms with van der Waals surface area (Å²) in [5, 5.41) is 0. The molecular formula is C26H42. The van der Waals surface area contributed by atoms with E-state index in [4.69, 9.17) is 6.42 Å². The zero-order valence-electron chi connectivity index (χ0n) is 17.9. The van der Waals surface area contributed by atoms with Gasteiger partial charge in [-0.1, -0.05) is 34.1 Å². The first-order valence-corrected chi connectivity index (χ1v) is 11.9. The van der Waals surface area contributed by atoms with Gasteiger partial charge in [-0.15, -0.1) is 12.3 Å². The highest BCUT2D eigenvalue weighted by Crippen LogP contribution is 2.68. The van der Waals surface area contributed by atoms with Gasteiger partial charge in [0.1, 0.15) is 0 Å². The molecule has 0 heterocycles. The zero-order chi connectivity index (χ0) is 18.5. The van der Waals surface area contributed by atoms with Crippen molar-refractivity contribution >= 4 is 0 Å². The van der Waals surface area contributed by atoms with Gasteiger partial charge in [-0.3, -0.25) is 0 Å². The lowest BCUT2D eigenvalue weighted by atomic mass is 9.44. The lowest BCUT2D eigenvalue weighted by Gasteiger charge is -2.61. The van der Waals surface area contributed by atoms with Crippen molar-refractivity contribution in [3.63, 3.8) is 0 Å². The van der Waals surface area contributed by atoms with E-state index in [2.05, 4.69) is 33.6 Å². The van der Waals surface area contributed by atoms with Crippen molar-refractivity contribution in [2.45, 2.75) is 98.3 Å². The van der Waals surface area contributed by atoms with Crippen LogP contribution in [0.25, 0.3) is 0 Å². The van der Waals surface area contributed by atoms with Crippen molar-refractivity contribution in [2.75, 3.05) is 0 Å². The molecule has 0 saturated heterocycles. The maximum absolute atomic E-state index is 5.68. The highest BCUT2D eigenvalue weighted by molar-refractivity contribution is 5.10. The van der Waals surface area contributed by atoms with Gasteiger partial charge < -0.3 is 0 Å². The monoisotopic (exact) mass is 354 g/mol. The van der Waals surface area contributed by atoms with Gasteiger partial charge in [0.2, 0.25) is 0 Å². The predicted molar refractivity (Wildman–Crippen MR) is 112 cm³/mol. The molecule has 0 aromatic rings. The number of hydrogen-bond acceptors (Lipinski definition) is 0. The minimum Gasteiger partial charge on any atom is -0.120 e. The van der Waals surface area contributed by atoms with Crippen LogP contribution in [0.5, 0.6) is 0 Å². The van der Waals surface area contributed by atoms with Gasteiger partial charge in [-0.05, 0) is 110 Å². The Labute approximate surface area is 163 Å². The summed E-state index contributed by atoms with van der Waals surface area (Å²) in [6.07, 6.45) is 21.7. The van der Waals surface area contributed by atoms with Gasteiger partial charge in [0.15, 0.2) is 0 Å². The minimum absolute atomic E-state index is 0.585. The Morgan fingerprint density at radius 3 is 2.42 bits per heavy atom. The molecule has 4 saturated carbocycles. The van der Waals surface area contributed by atoms with Gasteiger partial charge in [0.25, 0.3) is 0 Å². The first-order chi connectivity index (χ1) is 12.4. The number of rotatable bonds is 3. The molecule has 0 heteroatoms. The van der Waals surface area contributed by atoms with Crippen LogP contribution in [-0.2, 0) is 0 Å². The van der Waals surface area contributed by atoms with Crippen LogP contribution in [0, 0.1) is 64.6 Å². The van der Waals surface area contributed by atoms with E-state index in [-0.39, 0.29) is 0 Å². The number of terminal acetylenes is 1. The van der Waals surface area contributed by atoms with E-state index in [0.717, 1.165) is 47.8 Å². The second-order valence-corrected chi connectivity index (χ2v) is 11.3. The molecule has 0 radical (unpaired) electrons. The van der Waals surface area contributed by atoms with Crippen molar-refractivity contribution in [1.82, 2.24) is 0 Å². The maximum atomic E-state index is 5.68. The van der Waals surface area contributed by atoms with Crippen LogP contribution in [-0.4, -0.2) is 0 Å². The highest BCUT2D eigenvalue weighted by atomic mass is 14.6. The Balaban J connectivity index is 1.55. The molecule has 4 fully saturated rings. The summed E-state index contributed by atoms with van der Waals surface area (Å²) in [7, 11) is 0. The Morgan fingerprint density at radius 1 is 0.962 bits per heavy atom. The van der Waals surface area contributed by atoms with E-state index in [1.165, 1.54) is 57.8 Å². The van der Waals surface area contributed by atoms with Gasteiger partial charge in [-0.25, -0.2) is 0 Å². The summed E-state index contributed by atoms with van der Waals surface area (Å²) in [5.41, 5.74) is 1.25. The third kappa shape index (κ3) is 2.71. The summed E-state index contributed by atoms with van der Waals surface area (Å²) in [6, 6.07) is 0. The topological polar surface area (TPSA) is 0 Å². The fraction of sp³-hybridized carbons (Fsp3) is 0.923. The van der Waals surface area contributed by atoms with Crippen LogP contribution in [0.15, 0.2) is 0 Å². The summed E-state index contributed by atoms with van der Waals surface area (Å²) in [5.74, 6) is 9.67. The molecule has 0 aromatic carbocycles. The summed E-state index contributed by atoms with van der Waals surface area (Å²) < 4.78 is 0. The third-order valence-corrected chi connectivity index (χ3v) is 10.6. The fourth-order valence-electron chi connectivity index (χ4n) is 9.02. The molecule has 0 N–H and O–H groups in total. The molecule has 0 aromatic heterocycles. The maximum Gasteiger partial charge on any atom is 0.0115 e. The standard InChI is InChI=1S/C26H42/c1-6-8-18(3)22-11-12-23-21-10-9-20-17-19(7-2)13-15-25(20,4)24(21)14-16-26(22,23)5/h1,18-24H,7-17H2,2-5H3/t18?,19-,20?,21?,22?,23?,24?,25?,26?/m0/s1. The summed E-state index contributed by atoms with van der Waals surface area (Å²) in [6.45, 7) is 10.2. The van der Waals surface area contributed by atoms with Crippen LogP contribution < -0.4 is 0 Å². The van der Waals surface area contributed by atoms with Crippen molar-refractivity contribution in [3.05, 3.63) is 0 Å². The SMILES string of the molecule is C#CCC(C)C1CCC2C3CCC4C[C@@H](CC)CCC4(C)C3CCC12C. The van der Waals surface area contributed by atoms with E-state index in [9.17, 15) is 0 Å². The van der Waals surface area contributed by atoms with E-state index < -0.39 is 0 Å². The van der Waals surface area contributed by atoms with Crippen LogP contribution in [0.4, 0.5) is 0 Å². The minimum atomic E-state index is 0.585. The molecule has 0 bridgehead atoms. The molecular weight excluding hydrogens is 312 g/mol. The normalized spacial score (nSPS) is 51.7. The molecule has 146 valence electrons. The lowest BCUT2D eigenvalue weighted by molar-refractivity contribution is -0.121. The van der Waals surface area contributed by atoms with E-state index >= 15 is 0 Å². The van der Waals surface area contributed by atoms with Crippen molar-refractivity contribution < 1.29 is 0 Å². The Morgan fingerprint density at radius 2 is 1.69 bits per heavy atom. The molecule has 0 spiro atoms. The Bertz CT molecular complexity index is 555. The fourth-order valence-corrected chi connectivity index (χ4v) is 9.02. The van der Waals surface area contributed by atoms with Crippen molar-refractivity contribution in [2.24, 2.45) is 52.3 Å². The Hall–Kier alpha value is -0.440. The van der Waals surface area contributed by atoms with Gasteiger partial charge >= 0.3 is 0 Å². The first kappa shape index (κ1) is 18.9. The van der Waals surface area contributed by atoms with Crippen molar-refractivity contribution in [3.8, 4) is 12.3 Å². The van der Waals surface area contributed by atoms with Crippen molar-refractivity contribution in [1.29, 1.82) is 0 Å². The Kier molecular flexibility index (Phi) is 4.99. The molecule has 26 heavy (non-hydrogen) atoms. The largest absolute Gasteiger partial charge is 0.120 e. The third-order valence-electron chi connectivity index (χ3n) is 10.6. The van der Waals surface area contributed by atoms with Crippen LogP contribution >= 0.6 is 0 Å². The van der Waals surface area contributed by atoms with E-state index in [0.29, 0.717) is 10.8 Å². The quantitative estimate of drug-likeness (QED) is 0.465. The molecule has 4 aliphatic carbocycles. The van der Waals surface area contributed by atoms with Gasteiger partial charge in [-0.2, -0.15) is 0 Å². The number of hydrogen-bond donors (Lipinski definition) is 0.